The lowest BCUT2D eigenvalue weighted by atomic mass is 10.0. The molecular weight excluding hydrogens is 448 g/mol. The average molecular weight is 479 g/mol. The van der Waals surface area contributed by atoms with E-state index < -0.39 is 0 Å². The van der Waals surface area contributed by atoms with Crippen LogP contribution in [-0.2, 0) is 6.42 Å². The summed E-state index contributed by atoms with van der Waals surface area (Å²) in [6, 6.07) is 17.2. The number of hydrogen-bond acceptors (Lipinski definition) is 6. The molecule has 182 valence electrons. The van der Waals surface area contributed by atoms with Gasteiger partial charge in [0.05, 0.1) is 11.7 Å². The molecule has 0 saturated carbocycles. The zero-order valence-electron chi connectivity index (χ0n) is 20.3. The van der Waals surface area contributed by atoms with E-state index >= 15 is 0 Å². The van der Waals surface area contributed by atoms with Crippen LogP contribution < -0.4 is 10.2 Å². The smallest absolute Gasteiger partial charge is 0.162 e. The third-order valence-electron chi connectivity index (χ3n) is 7.01. The average Bonchev–Trinajstić information content (AvgIpc) is 3.36. The van der Waals surface area contributed by atoms with E-state index in [1.54, 1.807) is 0 Å². The fourth-order valence-corrected chi connectivity index (χ4v) is 5.03. The van der Waals surface area contributed by atoms with Crippen molar-refractivity contribution in [1.82, 2.24) is 24.9 Å². The lowest BCUT2D eigenvalue weighted by Gasteiger charge is -2.29. The Morgan fingerprint density at radius 3 is 2.56 bits per heavy atom. The molecule has 1 aliphatic heterocycles. The van der Waals surface area contributed by atoms with E-state index in [1.807, 2.05) is 35.4 Å². The second-order valence-corrected chi connectivity index (χ2v) is 9.34. The van der Waals surface area contributed by atoms with Crippen LogP contribution >= 0.6 is 0 Å². The van der Waals surface area contributed by atoms with Gasteiger partial charge in [-0.2, -0.15) is 5.10 Å². The van der Waals surface area contributed by atoms with Crippen molar-refractivity contribution in [1.29, 1.82) is 0 Å². The fraction of sp³-hybridized carbons (Fsp3) is 0.276. The minimum absolute atomic E-state index is 0.237. The Kier molecular flexibility index (Phi) is 6.32. The maximum Gasteiger partial charge on any atom is 0.162 e. The van der Waals surface area contributed by atoms with Gasteiger partial charge in [0.2, 0.25) is 0 Å². The van der Waals surface area contributed by atoms with Crippen molar-refractivity contribution in [2.24, 2.45) is 0 Å². The molecule has 36 heavy (non-hydrogen) atoms. The highest BCUT2D eigenvalue weighted by Crippen LogP contribution is 2.31. The van der Waals surface area contributed by atoms with E-state index in [-0.39, 0.29) is 6.61 Å². The van der Waals surface area contributed by atoms with Crippen LogP contribution in [0, 0.1) is 0 Å². The predicted molar refractivity (Wildman–Crippen MR) is 144 cm³/mol. The molecule has 2 aromatic carbocycles. The van der Waals surface area contributed by atoms with Crippen molar-refractivity contribution in [2.75, 3.05) is 37.7 Å². The van der Waals surface area contributed by atoms with Crippen LogP contribution in [0.2, 0.25) is 0 Å². The highest BCUT2D eigenvalue weighted by Gasteiger charge is 2.14. The summed E-state index contributed by atoms with van der Waals surface area (Å²) >= 11 is 0. The van der Waals surface area contributed by atoms with Gasteiger partial charge in [-0.1, -0.05) is 24.3 Å². The third kappa shape index (κ3) is 4.43. The van der Waals surface area contributed by atoms with Gasteiger partial charge in [-0.3, -0.25) is 4.98 Å². The molecule has 0 atom stereocenters. The quantitative estimate of drug-likeness (QED) is 0.339. The first-order valence-electron chi connectivity index (χ1n) is 12.7. The summed E-state index contributed by atoms with van der Waals surface area (Å²) < 4.78 is 1.87. The Labute approximate surface area is 210 Å². The molecule has 0 amide bonds. The predicted octanol–water partition coefficient (Wildman–Crippen LogP) is 4.34. The number of aliphatic hydroxyl groups excluding tert-OH is 1. The Bertz CT molecular complexity index is 1490. The summed E-state index contributed by atoms with van der Waals surface area (Å²) in [7, 11) is 0. The highest BCUT2D eigenvalue weighted by atomic mass is 16.2. The molecule has 3 aromatic heterocycles. The van der Waals surface area contributed by atoms with Crippen LogP contribution in [0.5, 0.6) is 0 Å². The first-order chi connectivity index (χ1) is 17.8. The van der Waals surface area contributed by atoms with Crippen molar-refractivity contribution in [3.8, 4) is 22.3 Å². The summed E-state index contributed by atoms with van der Waals surface area (Å²) in [6.07, 6.45) is 10.5. The molecule has 6 rings (SSSR count). The van der Waals surface area contributed by atoms with E-state index in [0.29, 0.717) is 0 Å². The summed E-state index contributed by atoms with van der Waals surface area (Å²) in [4.78, 5) is 11.8. The van der Waals surface area contributed by atoms with E-state index in [4.69, 9.17) is 10.1 Å². The molecule has 2 N–H and O–H groups in total. The normalized spacial score (nSPS) is 14.1. The van der Waals surface area contributed by atoms with Gasteiger partial charge in [-0.05, 0) is 60.2 Å². The van der Waals surface area contributed by atoms with Gasteiger partial charge < -0.3 is 15.3 Å². The first-order valence-corrected chi connectivity index (χ1v) is 12.7. The number of rotatable bonds is 7. The minimum atomic E-state index is 0.237. The molecule has 4 heterocycles. The lowest BCUT2D eigenvalue weighted by Crippen LogP contribution is -2.43. The molecular formula is C29H30N6O. The van der Waals surface area contributed by atoms with Gasteiger partial charge in [0.15, 0.2) is 5.65 Å². The number of nitrogens with one attached hydrogen (secondary N) is 1. The summed E-state index contributed by atoms with van der Waals surface area (Å²) in [6.45, 7) is 4.38. The van der Waals surface area contributed by atoms with Crippen LogP contribution in [-0.4, -0.2) is 57.5 Å². The molecule has 7 heteroatoms. The molecule has 7 nitrogen and oxygen atoms in total. The SMILES string of the molecule is OCCCCc1ccc2c(-c3cnn4cc(-c5ccc(N6CCNCC6)cc5)cnc34)ccnc2c1. The molecule has 0 spiro atoms. The fourth-order valence-electron chi connectivity index (χ4n) is 5.03. The van der Waals surface area contributed by atoms with Crippen LogP contribution in [0.15, 0.2) is 73.3 Å². The molecule has 1 fully saturated rings. The van der Waals surface area contributed by atoms with E-state index in [1.165, 1.54) is 11.3 Å². The monoisotopic (exact) mass is 478 g/mol. The number of nitrogens with zero attached hydrogens (tertiary/aromatic N) is 5. The van der Waals surface area contributed by atoms with Gasteiger partial charge in [0, 0.05) is 73.6 Å². The van der Waals surface area contributed by atoms with Gasteiger partial charge >= 0.3 is 0 Å². The second kappa shape index (κ2) is 10.0. The number of unbranched alkanes of at least 4 members (excludes halogenated alkanes) is 1. The largest absolute Gasteiger partial charge is 0.396 e. The number of fused-ring (bicyclic) bond motifs is 2. The van der Waals surface area contributed by atoms with Gasteiger partial charge in [0.1, 0.15) is 0 Å². The number of anilines is 1. The molecule has 0 bridgehead atoms. The zero-order chi connectivity index (χ0) is 24.3. The van der Waals surface area contributed by atoms with Gasteiger partial charge in [-0.15, -0.1) is 0 Å². The number of pyridine rings is 1. The van der Waals surface area contributed by atoms with Crippen LogP contribution in [0.3, 0.4) is 0 Å². The first kappa shape index (κ1) is 22.6. The van der Waals surface area contributed by atoms with Crippen molar-refractivity contribution in [3.05, 3.63) is 78.9 Å². The number of benzene rings is 2. The molecule has 0 aliphatic carbocycles. The molecule has 0 unspecified atom stereocenters. The number of aromatic nitrogens is 4. The number of aryl methyl sites for hydroxylation is 1. The van der Waals surface area contributed by atoms with E-state index in [0.717, 1.165) is 84.2 Å². The Hall–Kier alpha value is -3.81. The molecule has 5 aromatic rings. The standard InChI is InChI=1S/C29H30N6O/c36-16-2-1-3-21-4-9-26-25(10-11-31-28(26)17-21)27-19-33-35-20-23(18-32-29(27)35)22-5-7-24(8-6-22)34-14-12-30-13-15-34/h4-11,17-20,30,36H,1-3,12-16H2. The Balaban J connectivity index is 1.29. The van der Waals surface area contributed by atoms with Gasteiger partial charge in [0.25, 0.3) is 0 Å². The van der Waals surface area contributed by atoms with Gasteiger partial charge in [-0.25, -0.2) is 9.50 Å². The Morgan fingerprint density at radius 1 is 0.861 bits per heavy atom. The van der Waals surface area contributed by atoms with E-state index in [9.17, 15) is 0 Å². The summed E-state index contributed by atoms with van der Waals surface area (Å²) in [5.41, 5.74) is 8.54. The topological polar surface area (TPSA) is 78.6 Å². The van der Waals surface area contributed by atoms with Crippen molar-refractivity contribution < 1.29 is 5.11 Å². The van der Waals surface area contributed by atoms with Crippen LogP contribution in [0.25, 0.3) is 38.8 Å². The second-order valence-electron chi connectivity index (χ2n) is 9.34. The molecule has 1 aliphatic rings. The summed E-state index contributed by atoms with van der Waals surface area (Å²) in [5, 5.41) is 18.2. The van der Waals surface area contributed by atoms with Crippen LogP contribution in [0.4, 0.5) is 5.69 Å². The lowest BCUT2D eigenvalue weighted by molar-refractivity contribution is 0.284. The van der Waals surface area contributed by atoms with Crippen molar-refractivity contribution in [2.45, 2.75) is 19.3 Å². The number of aliphatic hydroxyl groups is 1. The third-order valence-corrected chi connectivity index (χ3v) is 7.01. The summed E-state index contributed by atoms with van der Waals surface area (Å²) in [5.74, 6) is 0. The number of hydrogen-bond donors (Lipinski definition) is 2. The van der Waals surface area contributed by atoms with E-state index in [2.05, 4.69) is 62.8 Å². The highest BCUT2D eigenvalue weighted by molar-refractivity contribution is 5.97. The zero-order valence-corrected chi connectivity index (χ0v) is 20.3. The van der Waals surface area contributed by atoms with Crippen molar-refractivity contribution in [3.63, 3.8) is 0 Å². The molecule has 1 saturated heterocycles. The minimum Gasteiger partial charge on any atom is -0.396 e. The number of piperazine rings is 1. The Morgan fingerprint density at radius 2 is 1.72 bits per heavy atom. The van der Waals surface area contributed by atoms with Crippen LogP contribution in [0.1, 0.15) is 18.4 Å². The molecule has 0 radical (unpaired) electrons. The maximum atomic E-state index is 9.06. The maximum absolute atomic E-state index is 9.06. The van der Waals surface area contributed by atoms with Crippen molar-refractivity contribution >= 4 is 22.2 Å².